The van der Waals surface area contributed by atoms with Crippen LogP contribution in [0.5, 0.6) is 11.5 Å². The molecule has 0 heterocycles. The number of hydrogen-bond donors (Lipinski definition) is 2. The Morgan fingerprint density at radius 2 is 1.81 bits per heavy atom. The van der Waals surface area contributed by atoms with Crippen molar-refractivity contribution in [3.05, 3.63) is 54.1 Å². The van der Waals surface area contributed by atoms with E-state index in [4.69, 9.17) is 15.2 Å². The van der Waals surface area contributed by atoms with Gasteiger partial charge in [-0.3, -0.25) is 0 Å². The summed E-state index contributed by atoms with van der Waals surface area (Å²) in [4.78, 5) is 4.44. The molecule has 0 atom stereocenters. The second kappa shape index (κ2) is 10.3. The van der Waals surface area contributed by atoms with Crippen LogP contribution in [0.1, 0.15) is 31.2 Å². The molecule has 2 aromatic rings. The molecule has 1 saturated carbocycles. The van der Waals surface area contributed by atoms with Crippen LogP contribution in [-0.4, -0.2) is 19.2 Å². The highest BCUT2D eigenvalue weighted by Crippen LogP contribution is 2.27. The van der Waals surface area contributed by atoms with E-state index in [2.05, 4.69) is 10.3 Å². The number of rotatable bonds is 6. The second-order valence-electron chi connectivity index (χ2n) is 6.19. The minimum Gasteiger partial charge on any atom is -0.497 e. The second-order valence-corrected chi connectivity index (χ2v) is 6.19. The highest BCUT2D eigenvalue weighted by Gasteiger charge is 2.17. The summed E-state index contributed by atoms with van der Waals surface area (Å²) in [6.45, 7) is 0.484. The summed E-state index contributed by atoms with van der Waals surface area (Å²) in [5.41, 5.74) is 7.93. The molecule has 0 radical (unpaired) electrons. The normalized spacial score (nSPS) is 14.6. The molecular formula is C20H26IN3O2. The van der Waals surface area contributed by atoms with Crippen LogP contribution in [0, 0.1) is 0 Å². The van der Waals surface area contributed by atoms with Crippen LogP contribution < -0.4 is 20.5 Å². The molecule has 3 rings (SSSR count). The van der Waals surface area contributed by atoms with Crippen molar-refractivity contribution in [2.45, 2.75) is 38.3 Å². The molecule has 0 saturated heterocycles. The Kier molecular flexibility index (Phi) is 8.03. The monoisotopic (exact) mass is 467 g/mol. The van der Waals surface area contributed by atoms with Crippen LogP contribution in [0.25, 0.3) is 0 Å². The molecule has 2 aromatic carbocycles. The molecule has 0 bridgehead atoms. The first kappa shape index (κ1) is 20.4. The summed E-state index contributed by atoms with van der Waals surface area (Å²) >= 11 is 0. The van der Waals surface area contributed by atoms with Crippen LogP contribution in [0.4, 0.5) is 5.69 Å². The number of ether oxygens (including phenoxy) is 2. The lowest BCUT2D eigenvalue weighted by Gasteiger charge is -2.16. The van der Waals surface area contributed by atoms with Crippen molar-refractivity contribution in [1.82, 2.24) is 0 Å². The van der Waals surface area contributed by atoms with E-state index < -0.39 is 0 Å². The van der Waals surface area contributed by atoms with Crippen LogP contribution in [0.2, 0.25) is 0 Å². The molecule has 0 spiro atoms. The highest BCUT2D eigenvalue weighted by atomic mass is 127. The third-order valence-electron chi connectivity index (χ3n) is 4.35. The number of methoxy groups -OCH3 is 1. The van der Waals surface area contributed by atoms with Gasteiger partial charge in [-0.2, -0.15) is 0 Å². The molecule has 1 aliphatic rings. The van der Waals surface area contributed by atoms with Crippen molar-refractivity contribution in [2.24, 2.45) is 10.7 Å². The maximum atomic E-state index is 6.14. The minimum atomic E-state index is 0. The van der Waals surface area contributed by atoms with Crippen molar-refractivity contribution in [1.29, 1.82) is 0 Å². The maximum Gasteiger partial charge on any atom is 0.193 e. The SMILES string of the molecule is COc1ccc(NC(N)=NCc2ccccc2OC2CCCC2)cc1.I. The fourth-order valence-corrected chi connectivity index (χ4v) is 2.97. The van der Waals surface area contributed by atoms with Crippen LogP contribution >= 0.6 is 24.0 Å². The third-order valence-corrected chi connectivity index (χ3v) is 4.35. The molecule has 5 nitrogen and oxygen atoms in total. The Morgan fingerprint density at radius 1 is 1.12 bits per heavy atom. The molecule has 0 unspecified atom stereocenters. The van der Waals surface area contributed by atoms with Gasteiger partial charge in [-0.1, -0.05) is 18.2 Å². The number of aliphatic imine (C=N–C) groups is 1. The van der Waals surface area contributed by atoms with Crippen molar-refractivity contribution < 1.29 is 9.47 Å². The van der Waals surface area contributed by atoms with E-state index in [0.717, 1.165) is 35.6 Å². The average molecular weight is 467 g/mol. The molecule has 0 aromatic heterocycles. The zero-order chi connectivity index (χ0) is 17.5. The number of nitrogens with one attached hydrogen (secondary N) is 1. The third kappa shape index (κ3) is 5.79. The molecule has 3 N–H and O–H groups in total. The Balaban J connectivity index is 0.00000243. The van der Waals surface area contributed by atoms with E-state index in [9.17, 15) is 0 Å². The van der Waals surface area contributed by atoms with E-state index in [1.165, 1.54) is 12.8 Å². The van der Waals surface area contributed by atoms with Crippen LogP contribution in [0.15, 0.2) is 53.5 Å². The summed E-state index contributed by atoms with van der Waals surface area (Å²) < 4.78 is 11.3. The van der Waals surface area contributed by atoms with E-state index >= 15 is 0 Å². The summed E-state index contributed by atoms with van der Waals surface area (Å²) in [5.74, 6) is 2.09. The molecular weight excluding hydrogens is 441 g/mol. The smallest absolute Gasteiger partial charge is 0.193 e. The topological polar surface area (TPSA) is 68.9 Å². The Bertz CT molecular complexity index is 713. The standard InChI is InChI=1S/C20H25N3O2.HI/c1-24-17-12-10-16(11-13-17)23-20(21)22-14-15-6-2-5-9-19(15)25-18-7-3-4-8-18;/h2,5-6,9-13,18H,3-4,7-8,14H2,1H3,(H3,21,22,23);1H. The number of para-hydroxylation sites is 1. The number of anilines is 1. The van der Waals surface area contributed by atoms with Gasteiger partial charge in [0.2, 0.25) is 0 Å². The van der Waals surface area contributed by atoms with Crippen molar-refractivity contribution in [3.8, 4) is 11.5 Å². The molecule has 0 aliphatic heterocycles. The number of guanidine groups is 1. The van der Waals surface area contributed by atoms with Crippen molar-refractivity contribution in [2.75, 3.05) is 12.4 Å². The molecule has 0 amide bonds. The van der Waals surface area contributed by atoms with Gasteiger partial charge in [-0.15, -0.1) is 24.0 Å². The highest BCUT2D eigenvalue weighted by molar-refractivity contribution is 14.0. The molecule has 140 valence electrons. The first-order chi connectivity index (χ1) is 12.2. The Morgan fingerprint density at radius 3 is 2.50 bits per heavy atom. The lowest BCUT2D eigenvalue weighted by Crippen LogP contribution is -2.22. The number of halogens is 1. The summed E-state index contributed by atoms with van der Waals surface area (Å²) in [7, 11) is 1.64. The Hall–Kier alpha value is -1.96. The number of nitrogens with two attached hydrogens (primary N) is 1. The number of hydrogen-bond acceptors (Lipinski definition) is 3. The van der Waals surface area contributed by atoms with Gasteiger partial charge >= 0.3 is 0 Å². The number of benzene rings is 2. The largest absolute Gasteiger partial charge is 0.497 e. The fraction of sp³-hybridized carbons (Fsp3) is 0.350. The molecule has 1 aliphatic carbocycles. The maximum absolute atomic E-state index is 6.14. The predicted molar refractivity (Wildman–Crippen MR) is 117 cm³/mol. The fourth-order valence-electron chi connectivity index (χ4n) is 2.97. The van der Waals surface area contributed by atoms with Gasteiger partial charge in [-0.05, 0) is 56.0 Å². The van der Waals surface area contributed by atoms with Crippen LogP contribution in [0.3, 0.4) is 0 Å². The van der Waals surface area contributed by atoms with Gasteiger partial charge in [0, 0.05) is 11.3 Å². The quantitative estimate of drug-likeness (QED) is 0.371. The zero-order valence-electron chi connectivity index (χ0n) is 15.0. The van der Waals surface area contributed by atoms with E-state index in [0.29, 0.717) is 18.6 Å². The Labute approximate surface area is 172 Å². The van der Waals surface area contributed by atoms with E-state index in [1.54, 1.807) is 7.11 Å². The lowest BCUT2D eigenvalue weighted by atomic mass is 10.2. The molecule has 1 fully saturated rings. The van der Waals surface area contributed by atoms with Crippen molar-refractivity contribution >= 4 is 35.6 Å². The first-order valence-electron chi connectivity index (χ1n) is 8.70. The van der Waals surface area contributed by atoms with Gasteiger partial charge in [0.1, 0.15) is 11.5 Å². The first-order valence-corrected chi connectivity index (χ1v) is 8.70. The molecule has 26 heavy (non-hydrogen) atoms. The van der Waals surface area contributed by atoms with E-state index in [-0.39, 0.29) is 24.0 Å². The van der Waals surface area contributed by atoms with E-state index in [1.807, 2.05) is 48.5 Å². The van der Waals surface area contributed by atoms with Crippen molar-refractivity contribution in [3.63, 3.8) is 0 Å². The zero-order valence-corrected chi connectivity index (χ0v) is 17.3. The lowest BCUT2D eigenvalue weighted by molar-refractivity contribution is 0.208. The van der Waals surface area contributed by atoms with Gasteiger partial charge in [0.05, 0.1) is 19.8 Å². The number of nitrogens with zero attached hydrogens (tertiary/aromatic N) is 1. The van der Waals surface area contributed by atoms with Crippen LogP contribution in [-0.2, 0) is 6.54 Å². The predicted octanol–water partition coefficient (Wildman–Crippen LogP) is 4.56. The van der Waals surface area contributed by atoms with Gasteiger partial charge in [-0.25, -0.2) is 4.99 Å². The molecule has 6 heteroatoms. The minimum absolute atomic E-state index is 0. The van der Waals surface area contributed by atoms with Gasteiger partial charge < -0.3 is 20.5 Å². The van der Waals surface area contributed by atoms with Gasteiger partial charge in [0.25, 0.3) is 0 Å². The summed E-state index contributed by atoms with van der Waals surface area (Å²) in [6, 6.07) is 15.6. The van der Waals surface area contributed by atoms with Gasteiger partial charge in [0.15, 0.2) is 5.96 Å². The average Bonchev–Trinajstić information content (AvgIpc) is 3.15. The summed E-state index contributed by atoms with van der Waals surface area (Å²) in [5, 5.41) is 3.09. The summed E-state index contributed by atoms with van der Waals surface area (Å²) in [6.07, 6.45) is 5.12.